The SMILES string of the molecule is CC1(C)C2=C(c3cc4c(cc31)-c1ccc(N(c3ccccc3)c3ccccc3)cc1C4(C)C)C1CC=CC=C1C(N(c1ccccc1)c1ccccc1)=C2. The highest BCUT2D eigenvalue weighted by Crippen LogP contribution is 2.60. The van der Waals surface area contributed by atoms with Crippen LogP contribution in [0.4, 0.5) is 28.4 Å². The van der Waals surface area contributed by atoms with E-state index in [0.29, 0.717) is 0 Å². The molecule has 6 aromatic rings. The molecule has 54 heavy (non-hydrogen) atoms. The summed E-state index contributed by atoms with van der Waals surface area (Å²) >= 11 is 0. The van der Waals surface area contributed by atoms with E-state index in [9.17, 15) is 0 Å². The van der Waals surface area contributed by atoms with E-state index in [-0.39, 0.29) is 16.7 Å². The summed E-state index contributed by atoms with van der Waals surface area (Å²) in [4.78, 5) is 4.84. The van der Waals surface area contributed by atoms with E-state index < -0.39 is 0 Å². The van der Waals surface area contributed by atoms with Crippen molar-refractivity contribution in [3.63, 3.8) is 0 Å². The van der Waals surface area contributed by atoms with Crippen LogP contribution in [0, 0.1) is 5.92 Å². The molecule has 1 unspecified atom stereocenters. The Hall–Kier alpha value is -6.12. The third-order valence-corrected chi connectivity index (χ3v) is 12.4. The molecule has 0 aromatic heterocycles. The summed E-state index contributed by atoms with van der Waals surface area (Å²) in [5.41, 5.74) is 19.5. The van der Waals surface area contributed by atoms with Crippen molar-refractivity contribution >= 4 is 34.0 Å². The van der Waals surface area contributed by atoms with E-state index in [2.05, 4.69) is 213 Å². The van der Waals surface area contributed by atoms with Gasteiger partial charge in [0, 0.05) is 45.2 Å². The number of hydrogen-bond acceptors (Lipinski definition) is 2. The van der Waals surface area contributed by atoms with Gasteiger partial charge in [-0.25, -0.2) is 0 Å². The summed E-state index contributed by atoms with van der Waals surface area (Å²) in [5.74, 6) is 0.280. The number of rotatable bonds is 6. The van der Waals surface area contributed by atoms with Crippen molar-refractivity contribution in [1.82, 2.24) is 0 Å². The Kier molecular flexibility index (Phi) is 7.36. The first kappa shape index (κ1) is 32.5. The van der Waals surface area contributed by atoms with Crippen molar-refractivity contribution in [2.45, 2.75) is 44.9 Å². The van der Waals surface area contributed by atoms with Gasteiger partial charge in [0.05, 0.1) is 5.70 Å². The Bertz CT molecular complexity index is 2470. The van der Waals surface area contributed by atoms with Gasteiger partial charge >= 0.3 is 0 Å². The molecular formula is C52H44N2. The number of benzene rings is 6. The normalized spacial score (nSPS) is 18.1. The number of anilines is 5. The molecule has 0 amide bonds. The van der Waals surface area contributed by atoms with E-state index >= 15 is 0 Å². The van der Waals surface area contributed by atoms with Crippen LogP contribution in [0.3, 0.4) is 0 Å². The van der Waals surface area contributed by atoms with Gasteiger partial charge in [0.2, 0.25) is 0 Å². The van der Waals surface area contributed by atoms with Crippen LogP contribution in [0.2, 0.25) is 0 Å². The summed E-state index contributed by atoms with van der Waals surface area (Å²) in [7, 11) is 0. The van der Waals surface area contributed by atoms with E-state index in [1.165, 1.54) is 72.9 Å². The molecule has 1 atom stereocenters. The maximum atomic E-state index is 2.58. The molecule has 0 saturated carbocycles. The number of nitrogens with zero attached hydrogens (tertiary/aromatic N) is 2. The van der Waals surface area contributed by atoms with Crippen molar-refractivity contribution < 1.29 is 0 Å². The first-order valence-electron chi connectivity index (χ1n) is 19.3. The molecule has 4 aliphatic carbocycles. The van der Waals surface area contributed by atoms with Gasteiger partial charge in [-0.1, -0.05) is 125 Å². The molecule has 4 aliphatic rings. The summed E-state index contributed by atoms with van der Waals surface area (Å²) in [6.07, 6.45) is 10.5. The number of fused-ring (bicyclic) bond motifs is 7. The lowest BCUT2D eigenvalue weighted by Crippen LogP contribution is -2.27. The van der Waals surface area contributed by atoms with Gasteiger partial charge in [-0.3, -0.25) is 0 Å². The maximum Gasteiger partial charge on any atom is 0.0503 e. The van der Waals surface area contributed by atoms with Crippen molar-refractivity contribution in [2.75, 3.05) is 9.80 Å². The largest absolute Gasteiger partial charge is 0.310 e. The summed E-state index contributed by atoms with van der Waals surface area (Å²) in [5, 5.41) is 0. The molecule has 10 rings (SSSR count). The fraction of sp³-hybridized carbons (Fsp3) is 0.154. The monoisotopic (exact) mass is 696 g/mol. The molecular weight excluding hydrogens is 653 g/mol. The highest BCUT2D eigenvalue weighted by molar-refractivity contribution is 5.94. The van der Waals surface area contributed by atoms with Crippen molar-refractivity contribution in [3.8, 4) is 11.1 Å². The first-order valence-corrected chi connectivity index (χ1v) is 19.3. The molecule has 0 fully saturated rings. The summed E-state index contributed by atoms with van der Waals surface area (Å²) in [6, 6.07) is 55.5. The maximum absolute atomic E-state index is 2.58. The highest BCUT2D eigenvalue weighted by atomic mass is 15.2. The number of hydrogen-bond donors (Lipinski definition) is 0. The molecule has 0 radical (unpaired) electrons. The van der Waals surface area contributed by atoms with Crippen LogP contribution in [0.5, 0.6) is 0 Å². The van der Waals surface area contributed by atoms with Crippen LogP contribution in [-0.2, 0) is 10.8 Å². The Balaban J connectivity index is 1.12. The van der Waals surface area contributed by atoms with Crippen LogP contribution < -0.4 is 9.80 Å². The molecule has 0 N–H and O–H groups in total. The van der Waals surface area contributed by atoms with Crippen LogP contribution in [0.1, 0.15) is 56.4 Å². The average molecular weight is 697 g/mol. The number of allylic oxidation sites excluding steroid dienone is 7. The fourth-order valence-corrected chi connectivity index (χ4v) is 9.67. The van der Waals surface area contributed by atoms with Gasteiger partial charge in [0.1, 0.15) is 0 Å². The second-order valence-electron chi connectivity index (χ2n) is 16.1. The third kappa shape index (κ3) is 4.86. The molecule has 0 aliphatic heterocycles. The van der Waals surface area contributed by atoms with E-state index in [1.54, 1.807) is 0 Å². The Labute approximate surface area is 319 Å². The number of para-hydroxylation sites is 4. The van der Waals surface area contributed by atoms with Crippen molar-refractivity contribution in [2.24, 2.45) is 5.92 Å². The molecule has 6 aromatic carbocycles. The fourth-order valence-electron chi connectivity index (χ4n) is 9.67. The molecule has 2 nitrogen and oxygen atoms in total. The highest BCUT2D eigenvalue weighted by Gasteiger charge is 2.47. The zero-order valence-corrected chi connectivity index (χ0v) is 31.4. The van der Waals surface area contributed by atoms with Gasteiger partial charge in [-0.15, -0.1) is 0 Å². The Morgan fingerprint density at radius 2 is 0.981 bits per heavy atom. The lowest BCUT2D eigenvalue weighted by Gasteiger charge is -2.38. The van der Waals surface area contributed by atoms with Crippen LogP contribution in [0.25, 0.3) is 16.7 Å². The van der Waals surface area contributed by atoms with Crippen molar-refractivity contribution in [3.05, 3.63) is 215 Å². The third-order valence-electron chi connectivity index (χ3n) is 12.4. The van der Waals surface area contributed by atoms with E-state index in [0.717, 1.165) is 17.8 Å². The minimum absolute atomic E-state index is 0.166. The lowest BCUT2D eigenvalue weighted by molar-refractivity contribution is 0.642. The first-order chi connectivity index (χ1) is 26.3. The van der Waals surface area contributed by atoms with Gasteiger partial charge in [-0.2, -0.15) is 0 Å². The minimum atomic E-state index is -0.166. The minimum Gasteiger partial charge on any atom is -0.310 e. The van der Waals surface area contributed by atoms with E-state index in [1.807, 2.05) is 0 Å². The standard InChI is InChI=1S/C52H44N2/c1-51(2)45-31-39(53(35-19-9-5-10-20-35)36-21-11-6-12-22-36)29-30-40(45)43-32-47-44(33-46(43)51)50-42-28-18-17-27-41(42)49(34-48(50)52(47,3)4)54(37-23-13-7-14-24-37)38-25-15-8-16-26-38/h5-27,29-34,42H,28H2,1-4H3. The van der Waals surface area contributed by atoms with Crippen LogP contribution >= 0.6 is 0 Å². The Morgan fingerprint density at radius 3 is 1.56 bits per heavy atom. The molecule has 262 valence electrons. The van der Waals surface area contributed by atoms with Gasteiger partial charge < -0.3 is 9.80 Å². The lowest BCUT2D eigenvalue weighted by atomic mass is 9.73. The molecule has 0 saturated heterocycles. The van der Waals surface area contributed by atoms with Gasteiger partial charge in [-0.05, 0) is 135 Å². The second-order valence-corrected chi connectivity index (χ2v) is 16.1. The predicted octanol–water partition coefficient (Wildman–Crippen LogP) is 13.7. The topological polar surface area (TPSA) is 6.48 Å². The molecule has 2 heteroatoms. The quantitative estimate of drug-likeness (QED) is 0.171. The molecule has 0 heterocycles. The summed E-state index contributed by atoms with van der Waals surface area (Å²) < 4.78 is 0. The zero-order chi connectivity index (χ0) is 36.6. The predicted molar refractivity (Wildman–Crippen MR) is 227 cm³/mol. The molecule has 0 spiro atoms. The second kappa shape index (κ2) is 12.2. The summed E-state index contributed by atoms with van der Waals surface area (Å²) in [6.45, 7) is 9.73. The van der Waals surface area contributed by atoms with Crippen LogP contribution in [0.15, 0.2) is 193 Å². The van der Waals surface area contributed by atoms with E-state index in [4.69, 9.17) is 0 Å². The molecule has 0 bridgehead atoms. The van der Waals surface area contributed by atoms with Gasteiger partial charge in [0.15, 0.2) is 0 Å². The average Bonchev–Trinajstić information content (AvgIpc) is 3.57. The Morgan fingerprint density at radius 1 is 0.481 bits per heavy atom. The van der Waals surface area contributed by atoms with Crippen molar-refractivity contribution in [1.29, 1.82) is 0 Å². The smallest absolute Gasteiger partial charge is 0.0503 e. The zero-order valence-electron chi connectivity index (χ0n) is 31.4. The van der Waals surface area contributed by atoms with Gasteiger partial charge in [0.25, 0.3) is 0 Å². The van der Waals surface area contributed by atoms with Crippen LogP contribution in [-0.4, -0.2) is 0 Å².